The maximum absolute atomic E-state index is 12.5. The van der Waals surface area contributed by atoms with E-state index >= 15 is 0 Å². The number of nitrogens with one attached hydrogen (secondary N) is 2. The van der Waals surface area contributed by atoms with Crippen molar-refractivity contribution in [3.63, 3.8) is 0 Å². The van der Waals surface area contributed by atoms with Gasteiger partial charge in [-0.15, -0.1) is 0 Å². The molecule has 2 fully saturated rings. The van der Waals surface area contributed by atoms with E-state index in [1.165, 1.54) is 44.1 Å². The minimum Gasteiger partial charge on any atom is -0.372 e. The smallest absolute Gasteiger partial charge is 0.241 e. The monoisotopic (exact) mass is 484 g/mol. The second kappa shape index (κ2) is 11.7. The van der Waals surface area contributed by atoms with Gasteiger partial charge in [-0.05, 0) is 80.6 Å². The number of hydrogen-bond acceptors (Lipinski definition) is 5. The van der Waals surface area contributed by atoms with Crippen molar-refractivity contribution in [3.8, 4) is 0 Å². The fourth-order valence-electron chi connectivity index (χ4n) is 4.67. The number of hydrogen-bond donors (Lipinski definition) is 2. The molecule has 0 aromatic heterocycles. The van der Waals surface area contributed by atoms with Crippen molar-refractivity contribution in [1.82, 2.24) is 10.2 Å². The SMILES string of the molecule is O=C(CS(=O)(=O)Nc1ccc(N2CCCCC2)cc1)NCc1ccc(CN2CCCCC2)cc1. The van der Waals surface area contributed by atoms with Crippen molar-refractivity contribution in [2.45, 2.75) is 51.6 Å². The number of amides is 1. The summed E-state index contributed by atoms with van der Waals surface area (Å²) in [5.74, 6) is -1.12. The molecule has 34 heavy (non-hydrogen) atoms. The van der Waals surface area contributed by atoms with Crippen LogP contribution < -0.4 is 14.9 Å². The average molecular weight is 485 g/mol. The van der Waals surface area contributed by atoms with Crippen molar-refractivity contribution >= 4 is 27.3 Å². The molecule has 2 aliphatic heterocycles. The number of rotatable bonds is 9. The largest absolute Gasteiger partial charge is 0.372 e. The molecule has 2 aromatic carbocycles. The summed E-state index contributed by atoms with van der Waals surface area (Å²) < 4.78 is 27.4. The van der Waals surface area contributed by atoms with Gasteiger partial charge in [-0.1, -0.05) is 30.7 Å². The van der Waals surface area contributed by atoms with Crippen molar-refractivity contribution in [1.29, 1.82) is 0 Å². The number of sulfonamides is 1. The van der Waals surface area contributed by atoms with Crippen LogP contribution in [0.3, 0.4) is 0 Å². The first kappa shape index (κ1) is 24.5. The van der Waals surface area contributed by atoms with Gasteiger partial charge >= 0.3 is 0 Å². The highest BCUT2D eigenvalue weighted by molar-refractivity contribution is 7.93. The van der Waals surface area contributed by atoms with Crippen LogP contribution in [0.25, 0.3) is 0 Å². The zero-order valence-electron chi connectivity index (χ0n) is 19.8. The molecule has 0 spiro atoms. The van der Waals surface area contributed by atoms with Crippen LogP contribution in [-0.4, -0.2) is 51.2 Å². The lowest BCUT2D eigenvalue weighted by Crippen LogP contribution is -2.32. The molecule has 2 aliphatic rings. The van der Waals surface area contributed by atoms with Gasteiger partial charge in [0.25, 0.3) is 0 Å². The summed E-state index contributed by atoms with van der Waals surface area (Å²) in [5.41, 5.74) is 3.78. The molecule has 0 aliphatic carbocycles. The number of nitrogens with zero attached hydrogens (tertiary/aromatic N) is 2. The zero-order chi connectivity index (χ0) is 23.8. The molecule has 0 atom stereocenters. The Bertz CT molecular complexity index is 1030. The van der Waals surface area contributed by atoms with E-state index < -0.39 is 21.7 Å². The summed E-state index contributed by atoms with van der Waals surface area (Å²) in [6.45, 7) is 5.64. The topological polar surface area (TPSA) is 81.8 Å². The Hall–Kier alpha value is -2.58. The molecule has 1 amide bonds. The summed E-state index contributed by atoms with van der Waals surface area (Å²) >= 11 is 0. The van der Waals surface area contributed by atoms with Gasteiger partial charge in [0.1, 0.15) is 5.75 Å². The number of carbonyl (C=O) groups excluding carboxylic acids is 1. The summed E-state index contributed by atoms with van der Waals surface area (Å²) in [7, 11) is -3.78. The fraction of sp³-hybridized carbons (Fsp3) is 0.500. The molecule has 0 unspecified atom stereocenters. The molecule has 0 bridgehead atoms. The van der Waals surface area contributed by atoms with E-state index in [2.05, 4.69) is 32.0 Å². The molecule has 0 saturated carbocycles. The Labute approximate surface area is 203 Å². The van der Waals surface area contributed by atoms with Crippen LogP contribution in [0.1, 0.15) is 49.7 Å². The van der Waals surface area contributed by atoms with Crippen molar-refractivity contribution in [2.24, 2.45) is 0 Å². The predicted octanol–water partition coefficient (Wildman–Crippen LogP) is 3.72. The van der Waals surface area contributed by atoms with Crippen molar-refractivity contribution < 1.29 is 13.2 Å². The number of piperidine rings is 2. The molecule has 0 radical (unpaired) electrons. The first-order valence-electron chi connectivity index (χ1n) is 12.4. The lowest BCUT2D eigenvalue weighted by atomic mass is 10.1. The molecule has 184 valence electrons. The Morgan fingerprint density at radius 1 is 0.765 bits per heavy atom. The van der Waals surface area contributed by atoms with Crippen molar-refractivity contribution in [2.75, 3.05) is 41.6 Å². The molecular formula is C26H36N4O3S. The van der Waals surface area contributed by atoms with E-state index in [0.29, 0.717) is 12.2 Å². The van der Waals surface area contributed by atoms with Gasteiger partial charge in [-0.3, -0.25) is 14.4 Å². The summed E-state index contributed by atoms with van der Waals surface area (Å²) in [6, 6.07) is 15.5. The lowest BCUT2D eigenvalue weighted by Gasteiger charge is -2.28. The first-order chi connectivity index (χ1) is 16.5. The molecule has 2 heterocycles. The summed E-state index contributed by atoms with van der Waals surface area (Å²) in [6.07, 6.45) is 7.50. The van der Waals surface area contributed by atoms with E-state index in [1.54, 1.807) is 12.1 Å². The number of benzene rings is 2. The summed E-state index contributed by atoms with van der Waals surface area (Å²) in [4.78, 5) is 17.1. The molecule has 7 nitrogen and oxygen atoms in total. The third-order valence-corrected chi connectivity index (χ3v) is 7.74. The highest BCUT2D eigenvalue weighted by Crippen LogP contribution is 2.22. The van der Waals surface area contributed by atoms with Crippen LogP contribution in [0.2, 0.25) is 0 Å². The van der Waals surface area contributed by atoms with E-state index in [9.17, 15) is 13.2 Å². The van der Waals surface area contributed by atoms with E-state index in [0.717, 1.165) is 44.0 Å². The van der Waals surface area contributed by atoms with Gasteiger partial charge in [0.05, 0.1) is 0 Å². The second-order valence-corrected chi connectivity index (χ2v) is 11.1. The average Bonchev–Trinajstić information content (AvgIpc) is 2.85. The maximum atomic E-state index is 12.5. The molecule has 2 saturated heterocycles. The van der Waals surface area contributed by atoms with Crippen LogP contribution in [0.5, 0.6) is 0 Å². The van der Waals surface area contributed by atoms with Gasteiger partial charge in [0, 0.05) is 37.6 Å². The molecular weight excluding hydrogens is 448 g/mol. The Balaban J connectivity index is 1.22. The van der Waals surface area contributed by atoms with Gasteiger partial charge in [0.15, 0.2) is 0 Å². The standard InChI is InChI=1S/C26H36N4O3S/c31-26(27-19-22-7-9-23(10-8-22)20-29-15-3-1-4-16-29)21-34(32,33)28-24-11-13-25(14-12-24)30-17-5-2-6-18-30/h7-14,28H,1-6,15-21H2,(H,27,31). The molecule has 2 aromatic rings. The molecule has 2 N–H and O–H groups in total. The normalized spacial score (nSPS) is 17.4. The maximum Gasteiger partial charge on any atom is 0.241 e. The third kappa shape index (κ3) is 7.46. The minimum atomic E-state index is -3.78. The highest BCUT2D eigenvalue weighted by Gasteiger charge is 2.17. The first-order valence-corrected chi connectivity index (χ1v) is 14.0. The van der Waals surface area contributed by atoms with Crippen LogP contribution in [0, 0.1) is 0 Å². The Morgan fingerprint density at radius 2 is 1.35 bits per heavy atom. The van der Waals surface area contributed by atoms with Crippen LogP contribution >= 0.6 is 0 Å². The van der Waals surface area contributed by atoms with Crippen LogP contribution in [0.4, 0.5) is 11.4 Å². The molecule has 8 heteroatoms. The van der Waals surface area contributed by atoms with Gasteiger partial charge in [0.2, 0.25) is 15.9 Å². The number of carbonyl (C=O) groups is 1. The zero-order valence-corrected chi connectivity index (χ0v) is 20.7. The quantitative estimate of drug-likeness (QED) is 0.567. The number of likely N-dealkylation sites (tertiary alicyclic amines) is 1. The Morgan fingerprint density at radius 3 is 2.00 bits per heavy atom. The van der Waals surface area contributed by atoms with Crippen molar-refractivity contribution in [3.05, 3.63) is 59.7 Å². The van der Waals surface area contributed by atoms with Crippen LogP contribution in [0.15, 0.2) is 48.5 Å². The minimum absolute atomic E-state index is 0.308. The highest BCUT2D eigenvalue weighted by atomic mass is 32.2. The van der Waals surface area contributed by atoms with Gasteiger partial charge < -0.3 is 10.2 Å². The van der Waals surface area contributed by atoms with Crippen LogP contribution in [-0.2, 0) is 27.9 Å². The number of anilines is 2. The van der Waals surface area contributed by atoms with E-state index in [1.807, 2.05) is 24.3 Å². The van der Waals surface area contributed by atoms with E-state index in [-0.39, 0.29) is 0 Å². The third-order valence-electron chi connectivity index (χ3n) is 6.55. The molecule has 4 rings (SSSR count). The van der Waals surface area contributed by atoms with Gasteiger partial charge in [-0.2, -0.15) is 0 Å². The predicted molar refractivity (Wildman–Crippen MR) is 137 cm³/mol. The Kier molecular flexibility index (Phi) is 8.45. The van der Waals surface area contributed by atoms with Gasteiger partial charge in [-0.25, -0.2) is 8.42 Å². The lowest BCUT2D eigenvalue weighted by molar-refractivity contribution is -0.118. The summed E-state index contributed by atoms with van der Waals surface area (Å²) in [5, 5.41) is 2.72. The second-order valence-electron chi connectivity index (χ2n) is 9.39. The fourth-order valence-corrected chi connectivity index (χ4v) is 5.69. The van der Waals surface area contributed by atoms with E-state index in [4.69, 9.17) is 0 Å².